The Morgan fingerprint density at radius 2 is 2.12 bits per heavy atom. The summed E-state index contributed by atoms with van der Waals surface area (Å²) in [6.45, 7) is 4.73. The van der Waals surface area contributed by atoms with E-state index in [4.69, 9.17) is 11.6 Å². The van der Waals surface area contributed by atoms with E-state index in [9.17, 15) is 4.79 Å². The zero-order valence-corrected chi connectivity index (χ0v) is 9.90. The Hall–Kier alpha value is -1.36. The summed E-state index contributed by atoms with van der Waals surface area (Å²) in [5, 5.41) is 3.35. The van der Waals surface area contributed by atoms with Gasteiger partial charge in [-0.05, 0) is 5.92 Å². The summed E-state index contributed by atoms with van der Waals surface area (Å²) in [7, 11) is 0. The molecule has 2 heterocycles. The monoisotopic (exact) mass is 240 g/mol. The standard InChI is InChI=1S/C10H13ClN4O/c1-6(2)8-5-15(10(16)14-8)9-12-3-7(11)4-13-9/h3-4,6,8H,5H2,1-2H3,(H,14,16)/t8-/m1/s1. The number of nitrogens with one attached hydrogen (secondary N) is 1. The van der Waals surface area contributed by atoms with Crippen molar-refractivity contribution in [3.8, 4) is 0 Å². The fraction of sp³-hybridized carbons (Fsp3) is 0.500. The fourth-order valence-electron chi connectivity index (χ4n) is 1.56. The number of hydrogen-bond donors (Lipinski definition) is 1. The number of hydrogen-bond acceptors (Lipinski definition) is 3. The first-order valence-corrected chi connectivity index (χ1v) is 5.51. The van der Waals surface area contributed by atoms with Gasteiger partial charge < -0.3 is 5.32 Å². The van der Waals surface area contributed by atoms with Gasteiger partial charge in [0.25, 0.3) is 0 Å². The minimum absolute atomic E-state index is 0.145. The zero-order chi connectivity index (χ0) is 11.7. The van der Waals surface area contributed by atoms with Crippen LogP contribution in [0.1, 0.15) is 13.8 Å². The molecule has 0 bridgehead atoms. The Kier molecular flexibility index (Phi) is 2.96. The van der Waals surface area contributed by atoms with E-state index in [0.29, 0.717) is 23.4 Å². The lowest BCUT2D eigenvalue weighted by molar-refractivity contribution is 0.249. The number of rotatable bonds is 2. The second-order valence-corrected chi connectivity index (χ2v) is 4.55. The molecule has 1 aromatic heterocycles. The van der Waals surface area contributed by atoms with E-state index in [1.165, 1.54) is 17.3 Å². The highest BCUT2D eigenvalue weighted by atomic mass is 35.5. The highest BCUT2D eigenvalue weighted by Crippen LogP contribution is 2.17. The van der Waals surface area contributed by atoms with Gasteiger partial charge in [0.2, 0.25) is 5.95 Å². The molecule has 86 valence electrons. The fourth-order valence-corrected chi connectivity index (χ4v) is 1.65. The average molecular weight is 241 g/mol. The van der Waals surface area contributed by atoms with E-state index in [2.05, 4.69) is 29.1 Å². The van der Waals surface area contributed by atoms with Gasteiger partial charge in [-0.25, -0.2) is 14.8 Å². The molecule has 1 fully saturated rings. The third-order valence-corrected chi connectivity index (χ3v) is 2.78. The first-order chi connectivity index (χ1) is 7.58. The number of urea groups is 1. The van der Waals surface area contributed by atoms with Gasteiger partial charge in [-0.15, -0.1) is 0 Å². The van der Waals surface area contributed by atoms with Crippen LogP contribution in [-0.2, 0) is 0 Å². The van der Waals surface area contributed by atoms with Crippen molar-refractivity contribution >= 4 is 23.6 Å². The highest BCUT2D eigenvalue weighted by Gasteiger charge is 2.32. The Labute approximate surface area is 98.8 Å². The van der Waals surface area contributed by atoms with Gasteiger partial charge in [0.05, 0.1) is 30.0 Å². The Morgan fingerprint density at radius 1 is 1.50 bits per heavy atom. The molecule has 0 radical (unpaired) electrons. The van der Waals surface area contributed by atoms with Crippen LogP contribution in [0.2, 0.25) is 5.02 Å². The topological polar surface area (TPSA) is 58.1 Å². The van der Waals surface area contributed by atoms with Crippen LogP contribution < -0.4 is 10.2 Å². The van der Waals surface area contributed by atoms with E-state index in [-0.39, 0.29) is 12.1 Å². The lowest BCUT2D eigenvalue weighted by Gasteiger charge is -2.14. The van der Waals surface area contributed by atoms with Gasteiger partial charge in [-0.1, -0.05) is 25.4 Å². The number of carbonyl (C=O) groups is 1. The molecule has 0 unspecified atom stereocenters. The van der Waals surface area contributed by atoms with Crippen molar-refractivity contribution in [2.24, 2.45) is 5.92 Å². The lowest BCUT2D eigenvalue weighted by Crippen LogP contribution is -2.31. The molecule has 1 N–H and O–H groups in total. The Balaban J connectivity index is 2.16. The maximum absolute atomic E-state index is 11.7. The normalized spacial score (nSPS) is 20.4. The summed E-state index contributed by atoms with van der Waals surface area (Å²) < 4.78 is 0. The molecular formula is C10H13ClN4O. The molecule has 2 amide bonds. The molecule has 1 saturated heterocycles. The Morgan fingerprint density at radius 3 is 2.62 bits per heavy atom. The van der Waals surface area contributed by atoms with Gasteiger partial charge in [0, 0.05) is 0 Å². The van der Waals surface area contributed by atoms with Crippen LogP contribution in [-0.4, -0.2) is 28.6 Å². The summed E-state index contributed by atoms with van der Waals surface area (Å²) in [6, 6.07) is -0.00667. The van der Waals surface area contributed by atoms with Gasteiger partial charge >= 0.3 is 6.03 Å². The maximum atomic E-state index is 11.7. The summed E-state index contributed by atoms with van der Waals surface area (Å²) in [5.41, 5.74) is 0. The minimum atomic E-state index is -0.152. The molecule has 1 atom stereocenters. The van der Waals surface area contributed by atoms with E-state index < -0.39 is 0 Å². The largest absolute Gasteiger partial charge is 0.333 e. The van der Waals surface area contributed by atoms with E-state index in [1.807, 2.05) is 0 Å². The van der Waals surface area contributed by atoms with Crippen LogP contribution in [0.15, 0.2) is 12.4 Å². The van der Waals surface area contributed by atoms with Crippen molar-refractivity contribution in [2.75, 3.05) is 11.4 Å². The van der Waals surface area contributed by atoms with Crippen LogP contribution in [0.4, 0.5) is 10.7 Å². The SMILES string of the molecule is CC(C)[C@H]1CN(c2ncc(Cl)cn2)C(=O)N1. The van der Waals surface area contributed by atoms with Crippen molar-refractivity contribution in [3.63, 3.8) is 0 Å². The smallest absolute Gasteiger partial charge is 0.324 e. The Bertz CT molecular complexity index is 392. The minimum Gasteiger partial charge on any atom is -0.333 e. The summed E-state index contributed by atoms with van der Waals surface area (Å²) >= 11 is 5.69. The van der Waals surface area contributed by atoms with Gasteiger partial charge in [0.1, 0.15) is 0 Å². The predicted molar refractivity (Wildman–Crippen MR) is 61.5 cm³/mol. The molecule has 2 rings (SSSR count). The second kappa shape index (κ2) is 4.25. The van der Waals surface area contributed by atoms with E-state index >= 15 is 0 Å². The number of anilines is 1. The highest BCUT2D eigenvalue weighted by molar-refractivity contribution is 6.30. The first kappa shape index (κ1) is 11.1. The van der Waals surface area contributed by atoms with Crippen LogP contribution in [0.25, 0.3) is 0 Å². The van der Waals surface area contributed by atoms with Crippen molar-refractivity contribution in [3.05, 3.63) is 17.4 Å². The summed E-state index contributed by atoms with van der Waals surface area (Å²) in [4.78, 5) is 21.3. The van der Waals surface area contributed by atoms with Gasteiger partial charge in [-0.3, -0.25) is 4.90 Å². The van der Waals surface area contributed by atoms with E-state index in [1.54, 1.807) is 0 Å². The molecule has 1 aliphatic rings. The van der Waals surface area contributed by atoms with Gasteiger partial charge in [0.15, 0.2) is 0 Å². The zero-order valence-electron chi connectivity index (χ0n) is 9.14. The van der Waals surface area contributed by atoms with Crippen molar-refractivity contribution in [1.29, 1.82) is 0 Å². The first-order valence-electron chi connectivity index (χ1n) is 5.13. The predicted octanol–water partition coefficient (Wildman–Crippen LogP) is 1.68. The summed E-state index contributed by atoms with van der Waals surface area (Å²) in [6.07, 6.45) is 2.97. The van der Waals surface area contributed by atoms with E-state index in [0.717, 1.165) is 0 Å². The number of halogens is 1. The molecule has 0 saturated carbocycles. The van der Waals surface area contributed by atoms with Crippen LogP contribution in [0, 0.1) is 5.92 Å². The van der Waals surface area contributed by atoms with Crippen molar-refractivity contribution in [2.45, 2.75) is 19.9 Å². The third-order valence-electron chi connectivity index (χ3n) is 2.59. The molecule has 16 heavy (non-hydrogen) atoms. The van der Waals surface area contributed by atoms with Crippen LogP contribution >= 0.6 is 11.6 Å². The number of amides is 2. The van der Waals surface area contributed by atoms with Crippen LogP contribution in [0.5, 0.6) is 0 Å². The molecule has 0 aliphatic carbocycles. The van der Waals surface area contributed by atoms with Crippen molar-refractivity contribution in [1.82, 2.24) is 15.3 Å². The molecular weight excluding hydrogens is 228 g/mol. The summed E-state index contributed by atoms with van der Waals surface area (Å²) in [5.74, 6) is 0.784. The molecule has 5 nitrogen and oxygen atoms in total. The molecule has 6 heteroatoms. The average Bonchev–Trinajstić information content (AvgIpc) is 2.62. The van der Waals surface area contributed by atoms with Gasteiger partial charge in [-0.2, -0.15) is 0 Å². The lowest BCUT2D eigenvalue weighted by atomic mass is 10.1. The number of carbonyl (C=O) groups excluding carboxylic acids is 1. The molecule has 1 aliphatic heterocycles. The quantitative estimate of drug-likeness (QED) is 0.856. The second-order valence-electron chi connectivity index (χ2n) is 4.11. The van der Waals surface area contributed by atoms with Crippen molar-refractivity contribution < 1.29 is 4.79 Å². The molecule has 0 aromatic carbocycles. The van der Waals surface area contributed by atoms with Crippen LogP contribution in [0.3, 0.4) is 0 Å². The number of aromatic nitrogens is 2. The molecule has 1 aromatic rings. The third kappa shape index (κ3) is 2.09. The number of nitrogens with zero attached hydrogens (tertiary/aromatic N) is 3. The maximum Gasteiger partial charge on any atom is 0.324 e. The molecule has 0 spiro atoms.